The Hall–Kier alpha value is -1.39. The zero-order chi connectivity index (χ0) is 8.27. The van der Waals surface area contributed by atoms with Crippen LogP contribution < -0.4 is 5.43 Å². The summed E-state index contributed by atoms with van der Waals surface area (Å²) in [7, 11) is 1.43. The second-order valence-electron chi connectivity index (χ2n) is 2.14. The summed E-state index contributed by atoms with van der Waals surface area (Å²) in [5.74, 6) is -0.529. The van der Waals surface area contributed by atoms with Crippen molar-refractivity contribution in [1.82, 2.24) is 5.43 Å². The molecule has 5 nitrogen and oxygen atoms in total. The molecule has 0 aromatic carbocycles. The molecule has 60 valence electrons. The largest absolute Gasteiger partial charge is 0.399 e. The smallest absolute Gasteiger partial charge is 0.254 e. The van der Waals surface area contributed by atoms with Gasteiger partial charge in [-0.05, 0) is 6.92 Å². The third-order valence-electron chi connectivity index (χ3n) is 1.39. The molecule has 0 aromatic heterocycles. The van der Waals surface area contributed by atoms with E-state index in [1.165, 1.54) is 13.3 Å². The highest BCUT2D eigenvalue weighted by molar-refractivity contribution is 6.17. The summed E-state index contributed by atoms with van der Waals surface area (Å²) in [6.45, 7) is 1.75. The van der Waals surface area contributed by atoms with E-state index < -0.39 is 0 Å². The summed E-state index contributed by atoms with van der Waals surface area (Å²) in [6, 6.07) is 0. The molecule has 0 aliphatic carbocycles. The van der Waals surface area contributed by atoms with E-state index in [1.807, 2.05) is 0 Å². The Morgan fingerprint density at radius 2 is 2.55 bits per heavy atom. The van der Waals surface area contributed by atoms with Crippen molar-refractivity contribution in [2.45, 2.75) is 6.92 Å². The molecule has 0 fully saturated rings. The normalized spacial score (nSPS) is 23.6. The molecule has 0 bridgehead atoms. The number of hydrogen-bond acceptors (Lipinski definition) is 4. The maximum Gasteiger partial charge on any atom is 0.254 e. The van der Waals surface area contributed by atoms with Crippen LogP contribution >= 0.6 is 0 Å². The summed E-state index contributed by atoms with van der Waals surface area (Å²) >= 11 is 0. The first kappa shape index (κ1) is 7.71. The van der Waals surface area contributed by atoms with Crippen molar-refractivity contribution in [1.29, 1.82) is 0 Å². The monoisotopic (exact) mass is 155 g/mol. The molecule has 1 aliphatic rings. The highest BCUT2D eigenvalue weighted by Gasteiger charge is 2.24. The molecule has 1 amide bonds. The summed E-state index contributed by atoms with van der Waals surface area (Å²) in [4.78, 5) is 15.4. The molecule has 0 aromatic rings. The molecule has 0 spiro atoms. The standard InChI is InChI=1S/C6H9N3O2/c1-4-5(3-7-11-2)6(10)9-8-4/h3,5H,1-2H3,(H,9,10)/b7-3+. The minimum absolute atomic E-state index is 0.164. The Bertz CT molecular complexity index is 222. The highest BCUT2D eigenvalue weighted by Crippen LogP contribution is 2.03. The van der Waals surface area contributed by atoms with E-state index in [9.17, 15) is 4.79 Å². The SMILES string of the molecule is CO/N=C/C1C(=O)NN=C1C. The predicted molar refractivity (Wildman–Crippen MR) is 40.2 cm³/mol. The molecule has 11 heavy (non-hydrogen) atoms. The van der Waals surface area contributed by atoms with Crippen LogP contribution in [0.5, 0.6) is 0 Å². The van der Waals surface area contributed by atoms with Crippen LogP contribution in [0.4, 0.5) is 0 Å². The van der Waals surface area contributed by atoms with Gasteiger partial charge in [0.25, 0.3) is 5.91 Å². The first-order valence-corrected chi connectivity index (χ1v) is 3.16. The number of nitrogens with one attached hydrogen (secondary N) is 1. The second kappa shape index (κ2) is 3.14. The van der Waals surface area contributed by atoms with Gasteiger partial charge in [0.1, 0.15) is 13.0 Å². The molecule has 0 saturated carbocycles. The van der Waals surface area contributed by atoms with Gasteiger partial charge in [-0.3, -0.25) is 4.79 Å². The number of hydrogen-bond donors (Lipinski definition) is 1. The van der Waals surface area contributed by atoms with Crippen molar-refractivity contribution in [2.24, 2.45) is 16.2 Å². The van der Waals surface area contributed by atoms with Gasteiger partial charge in [-0.25, -0.2) is 5.43 Å². The number of oxime groups is 1. The van der Waals surface area contributed by atoms with Crippen molar-refractivity contribution in [3.63, 3.8) is 0 Å². The second-order valence-corrected chi connectivity index (χ2v) is 2.14. The van der Waals surface area contributed by atoms with Crippen LogP contribution in [0.15, 0.2) is 10.3 Å². The molecule has 1 N–H and O–H groups in total. The Morgan fingerprint density at radius 3 is 3.00 bits per heavy atom. The van der Waals surface area contributed by atoms with Gasteiger partial charge in [0.2, 0.25) is 0 Å². The van der Waals surface area contributed by atoms with E-state index in [4.69, 9.17) is 0 Å². The lowest BCUT2D eigenvalue weighted by molar-refractivity contribution is -0.120. The number of hydrazone groups is 1. The Labute approximate surface area is 64.1 Å². The van der Waals surface area contributed by atoms with Crippen LogP contribution in [0.3, 0.4) is 0 Å². The fraction of sp³-hybridized carbons (Fsp3) is 0.500. The van der Waals surface area contributed by atoms with Gasteiger partial charge in [0, 0.05) is 0 Å². The van der Waals surface area contributed by atoms with E-state index in [2.05, 4.69) is 20.5 Å². The molecular formula is C6H9N3O2. The molecule has 0 radical (unpaired) electrons. The van der Waals surface area contributed by atoms with E-state index in [0.29, 0.717) is 5.71 Å². The van der Waals surface area contributed by atoms with Gasteiger partial charge in [-0.2, -0.15) is 5.10 Å². The number of carbonyl (C=O) groups is 1. The van der Waals surface area contributed by atoms with Gasteiger partial charge in [-0.15, -0.1) is 0 Å². The van der Waals surface area contributed by atoms with Crippen LogP contribution in [-0.4, -0.2) is 24.9 Å². The number of nitrogens with zero attached hydrogens (tertiary/aromatic N) is 2. The van der Waals surface area contributed by atoms with E-state index in [1.54, 1.807) is 6.92 Å². The summed E-state index contributed by atoms with van der Waals surface area (Å²) in [5.41, 5.74) is 3.03. The van der Waals surface area contributed by atoms with Crippen molar-refractivity contribution >= 4 is 17.8 Å². The number of rotatable bonds is 2. The van der Waals surface area contributed by atoms with Crippen molar-refractivity contribution in [2.75, 3.05) is 7.11 Å². The molecule has 1 heterocycles. The Morgan fingerprint density at radius 1 is 1.82 bits per heavy atom. The first-order valence-electron chi connectivity index (χ1n) is 3.16. The van der Waals surface area contributed by atoms with Gasteiger partial charge in [0.05, 0.1) is 11.9 Å². The molecule has 1 aliphatic heterocycles. The van der Waals surface area contributed by atoms with Crippen LogP contribution in [-0.2, 0) is 9.63 Å². The fourth-order valence-electron chi connectivity index (χ4n) is 0.769. The molecule has 1 unspecified atom stereocenters. The molecule has 0 saturated heterocycles. The van der Waals surface area contributed by atoms with Gasteiger partial charge in [-0.1, -0.05) is 5.16 Å². The maximum absolute atomic E-state index is 10.9. The minimum atomic E-state index is -0.366. The molecular weight excluding hydrogens is 146 g/mol. The van der Waals surface area contributed by atoms with Gasteiger partial charge in [0.15, 0.2) is 0 Å². The third kappa shape index (κ3) is 1.54. The van der Waals surface area contributed by atoms with E-state index in [-0.39, 0.29) is 11.8 Å². The molecule has 1 atom stereocenters. The third-order valence-corrected chi connectivity index (χ3v) is 1.39. The van der Waals surface area contributed by atoms with Crippen molar-refractivity contribution < 1.29 is 9.63 Å². The van der Waals surface area contributed by atoms with Crippen LogP contribution in [0, 0.1) is 5.92 Å². The highest BCUT2D eigenvalue weighted by atomic mass is 16.6. The molecule has 1 rings (SSSR count). The van der Waals surface area contributed by atoms with Crippen LogP contribution in [0.1, 0.15) is 6.92 Å². The van der Waals surface area contributed by atoms with Crippen LogP contribution in [0.2, 0.25) is 0 Å². The zero-order valence-electron chi connectivity index (χ0n) is 6.37. The van der Waals surface area contributed by atoms with Crippen molar-refractivity contribution in [3.05, 3.63) is 0 Å². The minimum Gasteiger partial charge on any atom is -0.399 e. The Kier molecular flexibility index (Phi) is 2.20. The number of carbonyl (C=O) groups excluding carboxylic acids is 1. The zero-order valence-corrected chi connectivity index (χ0v) is 6.37. The molecule has 5 heteroatoms. The topological polar surface area (TPSA) is 63.0 Å². The summed E-state index contributed by atoms with van der Waals surface area (Å²) < 4.78 is 0. The summed E-state index contributed by atoms with van der Waals surface area (Å²) in [5, 5.41) is 7.21. The van der Waals surface area contributed by atoms with Gasteiger partial charge < -0.3 is 4.84 Å². The Balaban J connectivity index is 2.63. The summed E-state index contributed by atoms with van der Waals surface area (Å²) in [6.07, 6.45) is 1.42. The lowest BCUT2D eigenvalue weighted by atomic mass is 10.1. The van der Waals surface area contributed by atoms with E-state index in [0.717, 1.165) is 0 Å². The average Bonchev–Trinajstić information content (AvgIpc) is 2.29. The van der Waals surface area contributed by atoms with Gasteiger partial charge >= 0.3 is 0 Å². The number of amides is 1. The average molecular weight is 155 g/mol. The fourth-order valence-corrected chi connectivity index (χ4v) is 0.769. The van der Waals surface area contributed by atoms with Crippen molar-refractivity contribution in [3.8, 4) is 0 Å². The lowest BCUT2D eigenvalue weighted by Crippen LogP contribution is -2.23. The quantitative estimate of drug-likeness (QED) is 0.441. The van der Waals surface area contributed by atoms with E-state index >= 15 is 0 Å². The lowest BCUT2D eigenvalue weighted by Gasteiger charge is -1.96. The van der Waals surface area contributed by atoms with Crippen LogP contribution in [0.25, 0.3) is 0 Å². The first-order chi connectivity index (χ1) is 5.25. The maximum atomic E-state index is 10.9. The predicted octanol–water partition coefficient (Wildman–Crippen LogP) is -0.260.